The smallest absolute Gasteiger partial charge is 0.203 e. The summed E-state index contributed by atoms with van der Waals surface area (Å²) in [4.78, 5) is 0. The summed E-state index contributed by atoms with van der Waals surface area (Å²) in [6, 6.07) is 5.35. The van der Waals surface area contributed by atoms with Gasteiger partial charge in [-0.05, 0) is 31.4 Å². The van der Waals surface area contributed by atoms with Crippen molar-refractivity contribution in [2.75, 3.05) is 6.54 Å². The average Bonchev–Trinajstić information content (AvgIpc) is 2.63. The molecular weight excluding hydrogens is 192 g/mol. The minimum atomic E-state index is -0.509. The van der Waals surface area contributed by atoms with E-state index in [4.69, 9.17) is 9.68 Å². The van der Waals surface area contributed by atoms with Gasteiger partial charge in [0.1, 0.15) is 11.8 Å². The molecule has 1 aromatic heterocycles. The third-order valence-electron chi connectivity index (χ3n) is 2.81. The normalized spacial score (nSPS) is 18.1. The molecule has 1 aliphatic rings. The highest BCUT2D eigenvalue weighted by Crippen LogP contribution is 2.30. The highest BCUT2D eigenvalue weighted by molar-refractivity contribution is 5.18. The second-order valence-electron chi connectivity index (χ2n) is 4.06. The summed E-state index contributed by atoms with van der Waals surface area (Å²) in [5, 5.41) is 21.5. The van der Waals surface area contributed by atoms with E-state index < -0.39 is 5.60 Å². The van der Waals surface area contributed by atoms with Gasteiger partial charge in [0.2, 0.25) is 5.76 Å². The molecule has 0 aromatic carbocycles. The largest absolute Gasteiger partial charge is 0.449 e. The van der Waals surface area contributed by atoms with Crippen molar-refractivity contribution < 1.29 is 9.52 Å². The van der Waals surface area contributed by atoms with E-state index in [-0.39, 0.29) is 0 Å². The fraction of sp³-hybridized carbons (Fsp3) is 0.545. The first-order valence-corrected chi connectivity index (χ1v) is 5.14. The van der Waals surface area contributed by atoms with E-state index in [1.54, 1.807) is 12.1 Å². The maximum absolute atomic E-state index is 9.79. The number of aliphatic hydroxyl groups is 1. The number of rotatable bonds is 4. The molecule has 0 spiro atoms. The maximum Gasteiger partial charge on any atom is 0.203 e. The van der Waals surface area contributed by atoms with Crippen molar-refractivity contribution in [2.45, 2.75) is 31.4 Å². The number of nitriles is 1. The maximum atomic E-state index is 9.79. The quantitative estimate of drug-likeness (QED) is 0.775. The highest BCUT2D eigenvalue weighted by atomic mass is 16.3. The van der Waals surface area contributed by atoms with Gasteiger partial charge in [0, 0.05) is 6.54 Å². The van der Waals surface area contributed by atoms with E-state index in [0.717, 1.165) is 25.0 Å². The number of nitrogens with one attached hydrogen (secondary N) is 1. The Morgan fingerprint density at radius 3 is 2.87 bits per heavy atom. The van der Waals surface area contributed by atoms with Gasteiger partial charge in [0.15, 0.2) is 0 Å². The molecule has 1 aromatic rings. The van der Waals surface area contributed by atoms with Crippen LogP contribution in [0.4, 0.5) is 0 Å². The minimum Gasteiger partial charge on any atom is -0.449 e. The van der Waals surface area contributed by atoms with Crippen LogP contribution in [-0.2, 0) is 6.54 Å². The van der Waals surface area contributed by atoms with E-state index in [2.05, 4.69) is 5.32 Å². The van der Waals surface area contributed by atoms with Crippen LogP contribution >= 0.6 is 0 Å². The lowest BCUT2D eigenvalue weighted by atomic mass is 9.80. The van der Waals surface area contributed by atoms with Crippen molar-refractivity contribution in [3.05, 3.63) is 23.7 Å². The van der Waals surface area contributed by atoms with Crippen LogP contribution in [0.15, 0.2) is 16.5 Å². The van der Waals surface area contributed by atoms with E-state index in [1.165, 1.54) is 0 Å². The lowest BCUT2D eigenvalue weighted by Gasteiger charge is -2.36. The van der Waals surface area contributed by atoms with Gasteiger partial charge in [0.05, 0.1) is 12.1 Å². The molecule has 2 N–H and O–H groups in total. The van der Waals surface area contributed by atoms with Gasteiger partial charge in [-0.2, -0.15) is 5.26 Å². The number of furan rings is 1. The molecule has 1 fully saturated rings. The van der Waals surface area contributed by atoms with Crippen LogP contribution in [0.5, 0.6) is 0 Å². The van der Waals surface area contributed by atoms with Gasteiger partial charge in [-0.1, -0.05) is 0 Å². The van der Waals surface area contributed by atoms with Gasteiger partial charge in [-0.25, -0.2) is 0 Å². The van der Waals surface area contributed by atoms with Crippen LogP contribution in [0.3, 0.4) is 0 Å². The van der Waals surface area contributed by atoms with E-state index >= 15 is 0 Å². The van der Waals surface area contributed by atoms with Gasteiger partial charge in [-0.3, -0.25) is 0 Å². The molecule has 2 rings (SSSR count). The third-order valence-corrected chi connectivity index (χ3v) is 2.81. The molecule has 80 valence electrons. The Balaban J connectivity index is 1.76. The molecule has 0 atom stereocenters. The molecule has 0 radical (unpaired) electrons. The first-order valence-electron chi connectivity index (χ1n) is 5.14. The molecular formula is C11H14N2O2. The predicted molar refractivity (Wildman–Crippen MR) is 53.9 cm³/mol. The van der Waals surface area contributed by atoms with Gasteiger partial charge >= 0.3 is 0 Å². The SMILES string of the molecule is N#Cc1ccc(CNCC2(O)CCC2)o1. The predicted octanol–water partition coefficient (Wildman–Crippen LogP) is 1.16. The van der Waals surface area contributed by atoms with Crippen molar-refractivity contribution in [1.82, 2.24) is 5.32 Å². The van der Waals surface area contributed by atoms with Crippen LogP contribution < -0.4 is 5.32 Å². The molecule has 0 aliphatic heterocycles. The Bertz CT molecular complexity index is 374. The van der Waals surface area contributed by atoms with Crippen LogP contribution in [0, 0.1) is 11.3 Å². The minimum absolute atomic E-state index is 0.328. The summed E-state index contributed by atoms with van der Waals surface area (Å²) < 4.78 is 5.19. The molecule has 0 saturated heterocycles. The monoisotopic (exact) mass is 206 g/mol. The van der Waals surface area contributed by atoms with Crippen molar-refractivity contribution in [2.24, 2.45) is 0 Å². The Labute approximate surface area is 88.5 Å². The van der Waals surface area contributed by atoms with Crippen molar-refractivity contribution in [3.8, 4) is 6.07 Å². The molecule has 0 amide bonds. The zero-order chi connectivity index (χ0) is 10.7. The van der Waals surface area contributed by atoms with Crippen molar-refractivity contribution >= 4 is 0 Å². The second-order valence-corrected chi connectivity index (χ2v) is 4.06. The third kappa shape index (κ3) is 2.38. The van der Waals surface area contributed by atoms with E-state index in [1.807, 2.05) is 6.07 Å². The number of hydrogen-bond acceptors (Lipinski definition) is 4. The van der Waals surface area contributed by atoms with E-state index in [9.17, 15) is 5.11 Å². The Morgan fingerprint density at radius 2 is 2.33 bits per heavy atom. The first kappa shape index (κ1) is 10.2. The topological polar surface area (TPSA) is 69.2 Å². The Kier molecular flexibility index (Phi) is 2.76. The zero-order valence-corrected chi connectivity index (χ0v) is 8.49. The van der Waals surface area contributed by atoms with Crippen LogP contribution in [0.25, 0.3) is 0 Å². The fourth-order valence-corrected chi connectivity index (χ4v) is 1.71. The molecule has 15 heavy (non-hydrogen) atoms. The average molecular weight is 206 g/mol. The molecule has 1 saturated carbocycles. The van der Waals surface area contributed by atoms with Crippen LogP contribution in [-0.4, -0.2) is 17.3 Å². The van der Waals surface area contributed by atoms with Crippen LogP contribution in [0.2, 0.25) is 0 Å². The molecule has 1 heterocycles. The number of hydrogen-bond donors (Lipinski definition) is 2. The van der Waals surface area contributed by atoms with Gasteiger partial charge in [-0.15, -0.1) is 0 Å². The van der Waals surface area contributed by atoms with Crippen LogP contribution in [0.1, 0.15) is 30.8 Å². The number of nitrogens with zero attached hydrogens (tertiary/aromatic N) is 1. The zero-order valence-electron chi connectivity index (χ0n) is 8.49. The fourth-order valence-electron chi connectivity index (χ4n) is 1.71. The summed E-state index contributed by atoms with van der Waals surface area (Å²) in [5.41, 5.74) is -0.509. The van der Waals surface area contributed by atoms with Crippen molar-refractivity contribution in [3.63, 3.8) is 0 Å². The summed E-state index contributed by atoms with van der Waals surface area (Å²) >= 11 is 0. The van der Waals surface area contributed by atoms with Gasteiger partial charge < -0.3 is 14.8 Å². The molecule has 1 aliphatic carbocycles. The highest BCUT2D eigenvalue weighted by Gasteiger charge is 2.33. The summed E-state index contributed by atoms with van der Waals surface area (Å²) in [6.45, 7) is 1.15. The van der Waals surface area contributed by atoms with Crippen molar-refractivity contribution in [1.29, 1.82) is 5.26 Å². The first-order chi connectivity index (χ1) is 7.22. The Morgan fingerprint density at radius 1 is 1.53 bits per heavy atom. The summed E-state index contributed by atoms with van der Waals surface area (Å²) in [5.74, 6) is 1.06. The summed E-state index contributed by atoms with van der Waals surface area (Å²) in [7, 11) is 0. The lowest BCUT2D eigenvalue weighted by Crippen LogP contribution is -2.45. The lowest BCUT2D eigenvalue weighted by molar-refractivity contribution is -0.0317. The van der Waals surface area contributed by atoms with E-state index in [0.29, 0.717) is 18.8 Å². The van der Waals surface area contributed by atoms with Gasteiger partial charge in [0.25, 0.3) is 0 Å². The molecule has 0 unspecified atom stereocenters. The molecule has 4 nitrogen and oxygen atoms in total. The molecule has 0 bridgehead atoms. The summed E-state index contributed by atoms with van der Waals surface area (Å²) in [6.07, 6.45) is 2.86. The Hall–Kier alpha value is -1.31. The standard InChI is InChI=1S/C11H14N2O2/c12-6-9-2-3-10(15-9)7-13-8-11(14)4-1-5-11/h2-3,13-14H,1,4-5,7-8H2. The second kappa shape index (κ2) is 4.05. The molecule has 4 heteroatoms.